The number of hydrogen-bond acceptors (Lipinski definition) is 2. The first-order valence-electron chi connectivity index (χ1n) is 5.25. The maximum atomic E-state index is 3.41. The monoisotopic (exact) mass is 207 g/mol. The van der Waals surface area contributed by atoms with Crippen molar-refractivity contribution in [3.63, 3.8) is 0 Å². The molecule has 1 aromatic carbocycles. The summed E-state index contributed by atoms with van der Waals surface area (Å²) in [6.07, 6.45) is 2.84. The zero-order valence-corrected chi connectivity index (χ0v) is 9.39. The summed E-state index contributed by atoms with van der Waals surface area (Å²) in [6, 6.07) is 11.4. The second kappa shape index (κ2) is 4.85. The molecule has 14 heavy (non-hydrogen) atoms. The summed E-state index contributed by atoms with van der Waals surface area (Å²) < 4.78 is 0. The molecule has 0 amide bonds. The van der Waals surface area contributed by atoms with Crippen molar-refractivity contribution in [2.45, 2.75) is 23.8 Å². The summed E-state index contributed by atoms with van der Waals surface area (Å²) in [7, 11) is 2.08. The Morgan fingerprint density at radius 2 is 2.07 bits per heavy atom. The van der Waals surface area contributed by atoms with Gasteiger partial charge in [0.2, 0.25) is 0 Å². The van der Waals surface area contributed by atoms with Gasteiger partial charge < -0.3 is 5.32 Å². The van der Waals surface area contributed by atoms with Gasteiger partial charge in [0, 0.05) is 16.7 Å². The molecule has 1 aliphatic carbocycles. The molecule has 1 nitrogen and oxygen atoms in total. The minimum atomic E-state index is 0.709. The molecule has 0 aromatic heterocycles. The SMILES string of the molecule is CNC(CSc1ccccc1)C1CC1. The summed E-state index contributed by atoms with van der Waals surface area (Å²) in [5, 5.41) is 3.41. The molecule has 1 aliphatic rings. The minimum Gasteiger partial charge on any atom is -0.316 e. The molecule has 0 spiro atoms. The highest BCUT2D eigenvalue weighted by Gasteiger charge is 2.29. The van der Waals surface area contributed by atoms with Crippen LogP contribution in [0.2, 0.25) is 0 Å². The first kappa shape index (κ1) is 10.1. The molecule has 0 bridgehead atoms. The lowest BCUT2D eigenvalue weighted by Gasteiger charge is -2.14. The van der Waals surface area contributed by atoms with Crippen molar-refractivity contribution >= 4 is 11.8 Å². The van der Waals surface area contributed by atoms with Crippen LogP contribution < -0.4 is 5.32 Å². The summed E-state index contributed by atoms with van der Waals surface area (Å²) in [4.78, 5) is 1.38. The molecular weight excluding hydrogens is 190 g/mol. The van der Waals surface area contributed by atoms with Gasteiger partial charge in [-0.05, 0) is 37.9 Å². The fraction of sp³-hybridized carbons (Fsp3) is 0.500. The Bertz CT molecular complexity index is 269. The summed E-state index contributed by atoms with van der Waals surface area (Å²) >= 11 is 1.96. The van der Waals surface area contributed by atoms with Gasteiger partial charge in [0.15, 0.2) is 0 Å². The molecule has 0 radical (unpaired) electrons. The molecule has 0 heterocycles. The van der Waals surface area contributed by atoms with Crippen molar-refractivity contribution in [2.75, 3.05) is 12.8 Å². The van der Waals surface area contributed by atoms with Crippen molar-refractivity contribution in [1.29, 1.82) is 0 Å². The first-order valence-corrected chi connectivity index (χ1v) is 6.24. The first-order chi connectivity index (χ1) is 6.90. The van der Waals surface area contributed by atoms with Gasteiger partial charge in [-0.2, -0.15) is 0 Å². The maximum absolute atomic E-state index is 3.41. The Labute approximate surface area is 90.3 Å². The fourth-order valence-corrected chi connectivity index (χ4v) is 2.82. The number of benzene rings is 1. The molecule has 2 heteroatoms. The Morgan fingerprint density at radius 3 is 2.64 bits per heavy atom. The van der Waals surface area contributed by atoms with Crippen LogP contribution in [-0.4, -0.2) is 18.8 Å². The normalized spacial score (nSPS) is 18.1. The van der Waals surface area contributed by atoms with E-state index < -0.39 is 0 Å². The molecule has 0 saturated heterocycles. The molecule has 2 rings (SSSR count). The Kier molecular flexibility index (Phi) is 3.49. The Balaban J connectivity index is 1.81. The third kappa shape index (κ3) is 2.76. The number of nitrogens with one attached hydrogen (secondary N) is 1. The fourth-order valence-electron chi connectivity index (χ4n) is 1.66. The van der Waals surface area contributed by atoms with Gasteiger partial charge in [-0.15, -0.1) is 11.8 Å². The van der Waals surface area contributed by atoms with E-state index in [9.17, 15) is 0 Å². The van der Waals surface area contributed by atoms with Crippen molar-refractivity contribution in [3.05, 3.63) is 30.3 Å². The molecule has 0 aliphatic heterocycles. The third-order valence-electron chi connectivity index (χ3n) is 2.73. The van der Waals surface area contributed by atoms with Gasteiger partial charge in [-0.25, -0.2) is 0 Å². The smallest absolute Gasteiger partial charge is 0.0186 e. The lowest BCUT2D eigenvalue weighted by Crippen LogP contribution is -2.29. The predicted molar refractivity (Wildman–Crippen MR) is 62.7 cm³/mol. The van der Waals surface area contributed by atoms with E-state index in [-0.39, 0.29) is 0 Å². The lowest BCUT2D eigenvalue weighted by atomic mass is 10.2. The molecule has 76 valence electrons. The summed E-state index contributed by atoms with van der Waals surface area (Å²) in [5.74, 6) is 2.14. The van der Waals surface area contributed by atoms with Crippen LogP contribution in [0.5, 0.6) is 0 Å². The van der Waals surface area contributed by atoms with E-state index in [4.69, 9.17) is 0 Å². The molecule has 1 aromatic rings. The standard InChI is InChI=1S/C12H17NS/c1-13-12(10-7-8-10)9-14-11-5-3-2-4-6-11/h2-6,10,12-13H,7-9H2,1H3. The zero-order valence-electron chi connectivity index (χ0n) is 8.57. The van der Waals surface area contributed by atoms with Crippen molar-refractivity contribution in [2.24, 2.45) is 5.92 Å². The lowest BCUT2D eigenvalue weighted by molar-refractivity contribution is 0.554. The highest BCUT2D eigenvalue weighted by atomic mass is 32.2. The number of thioether (sulfide) groups is 1. The van der Waals surface area contributed by atoms with Gasteiger partial charge in [-0.3, -0.25) is 0 Å². The molecule has 1 saturated carbocycles. The van der Waals surface area contributed by atoms with Crippen LogP contribution in [0.1, 0.15) is 12.8 Å². The topological polar surface area (TPSA) is 12.0 Å². The van der Waals surface area contributed by atoms with Gasteiger partial charge in [0.05, 0.1) is 0 Å². The van der Waals surface area contributed by atoms with Crippen molar-refractivity contribution < 1.29 is 0 Å². The summed E-state index contributed by atoms with van der Waals surface area (Å²) in [6.45, 7) is 0. The van der Waals surface area contributed by atoms with Gasteiger partial charge in [0.1, 0.15) is 0 Å². The van der Waals surface area contributed by atoms with Crippen LogP contribution >= 0.6 is 11.8 Å². The molecule has 1 atom stereocenters. The Hall–Kier alpha value is -0.470. The highest BCUT2D eigenvalue weighted by Crippen LogP contribution is 2.34. The van der Waals surface area contributed by atoms with Gasteiger partial charge >= 0.3 is 0 Å². The maximum Gasteiger partial charge on any atom is 0.0186 e. The van der Waals surface area contributed by atoms with Crippen LogP contribution in [-0.2, 0) is 0 Å². The van der Waals surface area contributed by atoms with Crippen molar-refractivity contribution in [3.8, 4) is 0 Å². The largest absolute Gasteiger partial charge is 0.316 e. The number of rotatable bonds is 5. The summed E-state index contributed by atoms with van der Waals surface area (Å²) in [5.41, 5.74) is 0. The van der Waals surface area contributed by atoms with Crippen LogP contribution in [0.3, 0.4) is 0 Å². The quantitative estimate of drug-likeness (QED) is 0.745. The third-order valence-corrected chi connectivity index (χ3v) is 3.87. The average Bonchev–Trinajstić information content (AvgIpc) is 3.05. The van der Waals surface area contributed by atoms with Crippen LogP contribution in [0.15, 0.2) is 35.2 Å². The minimum absolute atomic E-state index is 0.709. The number of hydrogen-bond donors (Lipinski definition) is 1. The van der Waals surface area contributed by atoms with Gasteiger partial charge in [0.25, 0.3) is 0 Å². The highest BCUT2D eigenvalue weighted by molar-refractivity contribution is 7.99. The van der Waals surface area contributed by atoms with E-state index in [1.807, 2.05) is 11.8 Å². The average molecular weight is 207 g/mol. The molecule has 1 unspecified atom stereocenters. The zero-order chi connectivity index (χ0) is 9.80. The van der Waals surface area contributed by atoms with E-state index >= 15 is 0 Å². The van der Waals surface area contributed by atoms with E-state index in [0.29, 0.717) is 6.04 Å². The second-order valence-corrected chi connectivity index (χ2v) is 4.95. The van der Waals surface area contributed by atoms with Crippen LogP contribution in [0.4, 0.5) is 0 Å². The van der Waals surface area contributed by atoms with Crippen molar-refractivity contribution in [1.82, 2.24) is 5.32 Å². The predicted octanol–water partition coefficient (Wildman–Crippen LogP) is 2.78. The second-order valence-electron chi connectivity index (χ2n) is 3.86. The van der Waals surface area contributed by atoms with E-state index in [1.165, 1.54) is 23.5 Å². The van der Waals surface area contributed by atoms with Crippen LogP contribution in [0.25, 0.3) is 0 Å². The van der Waals surface area contributed by atoms with E-state index in [2.05, 4.69) is 42.7 Å². The molecule has 1 fully saturated rings. The van der Waals surface area contributed by atoms with Crippen LogP contribution in [0, 0.1) is 5.92 Å². The van der Waals surface area contributed by atoms with E-state index in [1.54, 1.807) is 0 Å². The van der Waals surface area contributed by atoms with Gasteiger partial charge in [-0.1, -0.05) is 18.2 Å². The Morgan fingerprint density at radius 1 is 1.36 bits per heavy atom. The molecule has 1 N–H and O–H groups in total. The molecular formula is C12H17NS. The van der Waals surface area contributed by atoms with E-state index in [0.717, 1.165) is 5.92 Å².